The lowest BCUT2D eigenvalue weighted by atomic mass is 10.3. The summed E-state index contributed by atoms with van der Waals surface area (Å²) in [5, 5.41) is 3.88. The van der Waals surface area contributed by atoms with E-state index in [0.29, 0.717) is 5.75 Å². The topological polar surface area (TPSA) is 60.5 Å². The number of ether oxygens (including phenoxy) is 1. The van der Waals surface area contributed by atoms with E-state index in [-0.39, 0.29) is 12.1 Å². The van der Waals surface area contributed by atoms with Crippen molar-refractivity contribution in [1.29, 1.82) is 0 Å². The second kappa shape index (κ2) is 9.34. The minimum atomic E-state index is -2.68. The van der Waals surface area contributed by atoms with Crippen LogP contribution in [0.5, 0.6) is 5.75 Å². The zero-order valence-electron chi connectivity index (χ0n) is 14.3. The Morgan fingerprint density at radius 1 is 1.16 bits per heavy atom. The lowest BCUT2D eigenvalue weighted by Gasteiger charge is -2.26. The summed E-state index contributed by atoms with van der Waals surface area (Å²) in [6.45, 7) is 5.34. The van der Waals surface area contributed by atoms with Gasteiger partial charge in [0.1, 0.15) is 16.8 Å². The second-order valence-corrected chi connectivity index (χ2v) is 11.9. The lowest BCUT2D eigenvalue weighted by molar-refractivity contribution is -0.148. The number of nitrogens with zero attached hydrogens (tertiary/aromatic N) is 1. The number of hydrogen-bond acceptors (Lipinski definition) is 6. The first-order valence-electron chi connectivity index (χ1n) is 7.81. The van der Waals surface area contributed by atoms with Crippen molar-refractivity contribution in [1.82, 2.24) is 10.1 Å². The van der Waals surface area contributed by atoms with Crippen LogP contribution in [0.3, 0.4) is 0 Å². The first-order chi connectivity index (χ1) is 11.9. The predicted molar refractivity (Wildman–Crippen MR) is 105 cm³/mol. The number of aromatic nitrogens is 1. The monoisotopic (exact) mass is 396 g/mol. The van der Waals surface area contributed by atoms with Gasteiger partial charge in [-0.05, 0) is 68.2 Å². The van der Waals surface area contributed by atoms with Gasteiger partial charge in [0.15, 0.2) is 0 Å². The van der Waals surface area contributed by atoms with E-state index < -0.39 is 11.7 Å². The Kier molecular flexibility index (Phi) is 7.44. The maximum absolute atomic E-state index is 12.1. The van der Waals surface area contributed by atoms with Gasteiger partial charge >= 0.3 is 5.97 Å². The van der Waals surface area contributed by atoms with Gasteiger partial charge in [0.05, 0.1) is 6.10 Å². The van der Waals surface area contributed by atoms with Crippen LogP contribution in [0.4, 0.5) is 0 Å². The first-order valence-corrected chi connectivity index (χ1v) is 12.0. The standard InChI is InChI=1S/C17H21N2O3PS2/c1-13(2)21-17(20)14(3)19-23(24,22-15-9-5-4-6-10-15)25-16-11-7-8-12-18-16/h4-14H,1-3H3,(H,19,24)/t14-,23?/m0/s1. The molecule has 0 amide bonds. The Labute approximate surface area is 157 Å². The molecule has 0 fully saturated rings. The SMILES string of the molecule is CC(C)OC(=O)[C@H](C)NP(=S)(Oc1ccccc1)Sc1ccccn1. The van der Waals surface area contributed by atoms with E-state index in [4.69, 9.17) is 21.1 Å². The summed E-state index contributed by atoms with van der Waals surface area (Å²) in [4.78, 5) is 16.4. The second-order valence-electron chi connectivity index (χ2n) is 5.50. The summed E-state index contributed by atoms with van der Waals surface area (Å²) >= 11 is 7.09. The minimum Gasteiger partial charge on any atom is -0.462 e. The van der Waals surface area contributed by atoms with E-state index in [1.165, 1.54) is 11.4 Å². The fraction of sp³-hybridized carbons (Fsp3) is 0.294. The quantitative estimate of drug-likeness (QED) is 0.524. The fourth-order valence-corrected chi connectivity index (χ4v) is 6.94. The molecule has 1 N–H and O–H groups in total. The molecule has 0 aliphatic heterocycles. The van der Waals surface area contributed by atoms with Gasteiger partial charge in [-0.2, -0.15) is 0 Å². The van der Waals surface area contributed by atoms with E-state index in [9.17, 15) is 4.79 Å². The van der Waals surface area contributed by atoms with Crippen LogP contribution in [0.25, 0.3) is 0 Å². The third kappa shape index (κ3) is 6.78. The number of benzene rings is 1. The zero-order valence-corrected chi connectivity index (χ0v) is 16.8. The molecule has 1 unspecified atom stereocenters. The molecule has 0 bridgehead atoms. The molecular formula is C17H21N2O3PS2. The maximum atomic E-state index is 12.1. The number of nitrogens with one attached hydrogen (secondary N) is 1. The molecule has 1 aromatic carbocycles. The van der Waals surface area contributed by atoms with Crippen molar-refractivity contribution in [2.24, 2.45) is 0 Å². The minimum absolute atomic E-state index is 0.187. The van der Waals surface area contributed by atoms with Gasteiger partial charge in [-0.3, -0.25) is 4.79 Å². The van der Waals surface area contributed by atoms with Gasteiger partial charge < -0.3 is 9.26 Å². The van der Waals surface area contributed by atoms with Gasteiger partial charge in [-0.15, -0.1) is 0 Å². The van der Waals surface area contributed by atoms with Crippen LogP contribution in [0.15, 0.2) is 59.8 Å². The normalized spacial score (nSPS) is 14.6. The number of pyridine rings is 1. The van der Waals surface area contributed by atoms with Crippen LogP contribution in [0, 0.1) is 0 Å². The van der Waals surface area contributed by atoms with E-state index in [1.807, 2.05) is 62.4 Å². The highest BCUT2D eigenvalue weighted by molar-refractivity contribution is 8.68. The van der Waals surface area contributed by atoms with Crippen molar-refractivity contribution < 1.29 is 14.1 Å². The molecule has 1 aromatic heterocycles. The van der Waals surface area contributed by atoms with Crippen molar-refractivity contribution in [2.75, 3.05) is 0 Å². The molecule has 0 spiro atoms. The predicted octanol–water partition coefficient (Wildman–Crippen LogP) is 4.41. The average molecular weight is 396 g/mol. The highest BCUT2D eigenvalue weighted by Crippen LogP contribution is 2.59. The number of carbonyl (C=O) groups is 1. The summed E-state index contributed by atoms with van der Waals surface area (Å²) < 4.78 is 11.3. The summed E-state index contributed by atoms with van der Waals surface area (Å²) in [7, 11) is 0. The van der Waals surface area contributed by atoms with Crippen LogP contribution in [-0.4, -0.2) is 23.1 Å². The first kappa shape index (κ1) is 19.9. The third-order valence-corrected chi connectivity index (χ3v) is 7.73. The van der Waals surface area contributed by atoms with Crippen LogP contribution in [0.2, 0.25) is 0 Å². The summed E-state index contributed by atoms with van der Waals surface area (Å²) in [5.74, 6) is 0.286. The van der Waals surface area contributed by atoms with Gasteiger partial charge in [0.25, 0.3) is 0 Å². The van der Waals surface area contributed by atoms with Gasteiger partial charge in [-0.25, -0.2) is 10.1 Å². The van der Waals surface area contributed by atoms with Gasteiger partial charge in [-0.1, -0.05) is 24.3 Å². The highest BCUT2D eigenvalue weighted by atomic mass is 32.9. The van der Waals surface area contributed by atoms with E-state index in [2.05, 4.69) is 10.1 Å². The number of rotatable bonds is 8. The number of hydrogen-bond donors (Lipinski definition) is 1. The van der Waals surface area contributed by atoms with Gasteiger partial charge in [0.2, 0.25) is 5.62 Å². The molecule has 0 radical (unpaired) electrons. The largest absolute Gasteiger partial charge is 0.462 e. The number of carbonyl (C=O) groups excluding carboxylic acids is 1. The van der Waals surface area contributed by atoms with E-state index in [0.717, 1.165) is 5.03 Å². The molecule has 2 aromatic rings. The Morgan fingerprint density at radius 3 is 2.44 bits per heavy atom. The summed E-state index contributed by atoms with van der Waals surface area (Å²) in [6.07, 6.45) is 1.51. The molecule has 0 saturated heterocycles. The Morgan fingerprint density at radius 2 is 1.84 bits per heavy atom. The number of para-hydroxylation sites is 1. The fourth-order valence-electron chi connectivity index (χ4n) is 1.84. The molecule has 0 aliphatic carbocycles. The van der Waals surface area contributed by atoms with Crippen molar-refractivity contribution in [3.63, 3.8) is 0 Å². The molecule has 134 valence electrons. The van der Waals surface area contributed by atoms with Crippen molar-refractivity contribution in [3.05, 3.63) is 54.7 Å². The van der Waals surface area contributed by atoms with Crippen LogP contribution in [-0.2, 0) is 21.3 Å². The van der Waals surface area contributed by atoms with Crippen molar-refractivity contribution >= 4 is 34.8 Å². The van der Waals surface area contributed by atoms with Crippen LogP contribution < -0.4 is 9.61 Å². The van der Waals surface area contributed by atoms with Crippen LogP contribution >= 0.6 is 17.0 Å². The Bertz CT molecular complexity index is 684. The van der Waals surface area contributed by atoms with Crippen LogP contribution in [0.1, 0.15) is 20.8 Å². The van der Waals surface area contributed by atoms with E-state index in [1.54, 1.807) is 13.1 Å². The Balaban J connectivity index is 2.19. The molecule has 1 heterocycles. The molecule has 2 rings (SSSR count). The molecular weight excluding hydrogens is 375 g/mol. The summed E-state index contributed by atoms with van der Waals surface area (Å²) in [5.41, 5.74) is -2.68. The van der Waals surface area contributed by atoms with Crippen molar-refractivity contribution in [2.45, 2.75) is 37.9 Å². The molecule has 0 saturated carbocycles. The third-order valence-electron chi connectivity index (χ3n) is 2.88. The smallest absolute Gasteiger partial charge is 0.323 e. The molecule has 2 atom stereocenters. The van der Waals surface area contributed by atoms with E-state index >= 15 is 0 Å². The molecule has 25 heavy (non-hydrogen) atoms. The zero-order chi connectivity index (χ0) is 18.3. The summed E-state index contributed by atoms with van der Waals surface area (Å²) in [6, 6.07) is 14.3. The average Bonchev–Trinajstić information content (AvgIpc) is 2.55. The molecule has 0 aliphatic rings. The Hall–Kier alpha value is -1.40. The van der Waals surface area contributed by atoms with Crippen molar-refractivity contribution in [3.8, 4) is 5.75 Å². The lowest BCUT2D eigenvalue weighted by Crippen LogP contribution is -2.35. The molecule has 8 heteroatoms. The number of esters is 1. The maximum Gasteiger partial charge on any atom is 0.323 e. The van der Waals surface area contributed by atoms with Gasteiger partial charge in [0, 0.05) is 6.20 Å². The molecule has 5 nitrogen and oxygen atoms in total. The highest BCUT2D eigenvalue weighted by Gasteiger charge is 2.28.